The number of rotatable bonds is 4. The minimum atomic E-state index is -0.00972. The van der Waals surface area contributed by atoms with Crippen LogP contribution in [0.25, 0.3) is 0 Å². The fourth-order valence-electron chi connectivity index (χ4n) is 3.01. The molecule has 1 amide bonds. The zero-order chi connectivity index (χ0) is 15.4. The van der Waals surface area contributed by atoms with E-state index in [0.717, 1.165) is 36.8 Å². The Morgan fingerprint density at radius 3 is 2.91 bits per heavy atom. The van der Waals surface area contributed by atoms with Crippen LogP contribution in [0.2, 0.25) is 0 Å². The number of piperidine rings is 1. The minimum absolute atomic E-state index is 0.00972. The number of aryl methyl sites for hydroxylation is 1. The number of carbonyl (C=O) groups excluding carboxylic acids is 1. The summed E-state index contributed by atoms with van der Waals surface area (Å²) in [5.74, 6) is 0.853. The van der Waals surface area contributed by atoms with Crippen molar-refractivity contribution in [3.8, 4) is 0 Å². The topological polar surface area (TPSA) is 67.3 Å². The van der Waals surface area contributed by atoms with E-state index in [2.05, 4.69) is 20.2 Å². The Hall–Kier alpha value is -1.69. The highest BCUT2D eigenvalue weighted by molar-refractivity contribution is 5.78. The van der Waals surface area contributed by atoms with E-state index in [4.69, 9.17) is 4.74 Å². The number of anilines is 1. The molecule has 3 rings (SSSR count). The summed E-state index contributed by atoms with van der Waals surface area (Å²) in [5, 5.41) is 2.97. The Labute approximate surface area is 131 Å². The van der Waals surface area contributed by atoms with Crippen molar-refractivity contribution in [2.75, 3.05) is 31.2 Å². The second-order valence-electron chi connectivity index (χ2n) is 6.13. The van der Waals surface area contributed by atoms with Crippen LogP contribution < -0.4 is 10.2 Å². The molecule has 0 aliphatic carbocycles. The largest absolute Gasteiger partial charge is 0.381 e. The number of aromatic nitrogens is 2. The van der Waals surface area contributed by atoms with Crippen molar-refractivity contribution >= 4 is 11.9 Å². The van der Waals surface area contributed by atoms with Gasteiger partial charge < -0.3 is 15.0 Å². The first kappa shape index (κ1) is 15.2. The fraction of sp³-hybridized carbons (Fsp3) is 0.688. The number of ether oxygens (including phenoxy) is 1. The molecule has 0 bridgehead atoms. The van der Waals surface area contributed by atoms with Crippen molar-refractivity contribution in [1.82, 2.24) is 15.3 Å². The number of hydrogen-bond acceptors (Lipinski definition) is 5. The summed E-state index contributed by atoms with van der Waals surface area (Å²) in [6, 6.07) is 1.94. The van der Waals surface area contributed by atoms with Gasteiger partial charge >= 0.3 is 0 Å². The summed E-state index contributed by atoms with van der Waals surface area (Å²) in [4.78, 5) is 23.5. The van der Waals surface area contributed by atoms with Crippen LogP contribution in [0.15, 0.2) is 6.07 Å². The average molecular weight is 304 g/mol. The van der Waals surface area contributed by atoms with Crippen LogP contribution >= 0.6 is 0 Å². The highest BCUT2D eigenvalue weighted by atomic mass is 16.5. The third kappa shape index (κ3) is 3.74. The van der Waals surface area contributed by atoms with Gasteiger partial charge in [0.05, 0.1) is 24.8 Å². The molecular weight excluding hydrogens is 280 g/mol. The summed E-state index contributed by atoms with van der Waals surface area (Å²) in [7, 11) is 0. The quantitative estimate of drug-likeness (QED) is 0.911. The monoisotopic (exact) mass is 304 g/mol. The summed E-state index contributed by atoms with van der Waals surface area (Å²) < 4.78 is 5.25. The maximum absolute atomic E-state index is 12.0. The Morgan fingerprint density at radius 2 is 2.18 bits per heavy atom. The van der Waals surface area contributed by atoms with Gasteiger partial charge in [-0.25, -0.2) is 9.97 Å². The van der Waals surface area contributed by atoms with Crippen molar-refractivity contribution in [1.29, 1.82) is 0 Å². The van der Waals surface area contributed by atoms with Crippen LogP contribution in [0.5, 0.6) is 0 Å². The van der Waals surface area contributed by atoms with Crippen LogP contribution in [0.3, 0.4) is 0 Å². The molecule has 0 radical (unpaired) electrons. The van der Waals surface area contributed by atoms with Gasteiger partial charge in [0.25, 0.3) is 0 Å². The molecule has 0 aromatic carbocycles. The van der Waals surface area contributed by atoms with Gasteiger partial charge in [-0.05, 0) is 38.7 Å². The first-order valence-electron chi connectivity index (χ1n) is 8.17. The standard InChI is InChI=1S/C16H24N4O2/c1-12-9-14(10-17-15(21)13-5-8-22-11-13)19-16(18-12)20-6-3-2-4-7-20/h9,13H,2-8,10-11H2,1H3,(H,17,21). The summed E-state index contributed by atoms with van der Waals surface area (Å²) in [6.07, 6.45) is 4.50. The van der Waals surface area contributed by atoms with Gasteiger partial charge in [-0.3, -0.25) is 4.79 Å². The molecule has 2 aliphatic rings. The van der Waals surface area contributed by atoms with E-state index in [1.54, 1.807) is 0 Å². The smallest absolute Gasteiger partial charge is 0.225 e. The SMILES string of the molecule is Cc1cc(CNC(=O)C2CCOC2)nc(N2CCCCC2)n1. The van der Waals surface area contributed by atoms with E-state index in [9.17, 15) is 4.79 Å². The van der Waals surface area contributed by atoms with Gasteiger partial charge in [-0.15, -0.1) is 0 Å². The number of hydrogen-bond donors (Lipinski definition) is 1. The molecule has 120 valence electrons. The third-order valence-electron chi connectivity index (χ3n) is 4.28. The lowest BCUT2D eigenvalue weighted by atomic mass is 10.1. The van der Waals surface area contributed by atoms with E-state index in [1.165, 1.54) is 19.3 Å². The van der Waals surface area contributed by atoms with Crippen molar-refractivity contribution in [3.63, 3.8) is 0 Å². The second-order valence-corrected chi connectivity index (χ2v) is 6.13. The third-order valence-corrected chi connectivity index (χ3v) is 4.28. The van der Waals surface area contributed by atoms with Crippen LogP contribution in [-0.2, 0) is 16.1 Å². The molecule has 1 aromatic heterocycles. The predicted octanol–water partition coefficient (Wildman–Crippen LogP) is 1.43. The molecule has 22 heavy (non-hydrogen) atoms. The van der Waals surface area contributed by atoms with Crippen molar-refractivity contribution in [2.24, 2.45) is 5.92 Å². The zero-order valence-electron chi connectivity index (χ0n) is 13.2. The molecule has 6 nitrogen and oxygen atoms in total. The lowest BCUT2D eigenvalue weighted by molar-refractivity contribution is -0.125. The molecule has 3 heterocycles. The highest BCUT2D eigenvalue weighted by Crippen LogP contribution is 2.17. The molecule has 1 N–H and O–H groups in total. The van der Waals surface area contributed by atoms with E-state index in [-0.39, 0.29) is 11.8 Å². The predicted molar refractivity (Wildman–Crippen MR) is 83.6 cm³/mol. The lowest BCUT2D eigenvalue weighted by Gasteiger charge is -2.27. The number of amides is 1. The Balaban J connectivity index is 1.62. The molecule has 1 unspecified atom stereocenters. The second kappa shape index (κ2) is 7.05. The summed E-state index contributed by atoms with van der Waals surface area (Å²) in [5.41, 5.74) is 1.82. The van der Waals surface area contributed by atoms with Crippen LogP contribution in [0.1, 0.15) is 37.1 Å². The Morgan fingerprint density at radius 1 is 1.36 bits per heavy atom. The minimum Gasteiger partial charge on any atom is -0.381 e. The molecule has 1 aromatic rings. The van der Waals surface area contributed by atoms with Crippen LogP contribution in [0.4, 0.5) is 5.95 Å². The van der Waals surface area contributed by atoms with Crippen LogP contribution in [0, 0.1) is 12.8 Å². The molecule has 2 saturated heterocycles. The Kier molecular flexibility index (Phi) is 4.87. The molecule has 2 aliphatic heterocycles. The maximum Gasteiger partial charge on any atom is 0.225 e. The molecule has 6 heteroatoms. The van der Waals surface area contributed by atoms with Crippen molar-refractivity contribution in [3.05, 3.63) is 17.5 Å². The van der Waals surface area contributed by atoms with Gasteiger partial charge in [0.2, 0.25) is 11.9 Å². The van der Waals surface area contributed by atoms with E-state index >= 15 is 0 Å². The van der Waals surface area contributed by atoms with Crippen molar-refractivity contribution in [2.45, 2.75) is 39.2 Å². The normalized spacial score (nSPS) is 21.9. The summed E-state index contributed by atoms with van der Waals surface area (Å²) in [6.45, 7) is 5.70. The number of nitrogens with one attached hydrogen (secondary N) is 1. The fourth-order valence-corrected chi connectivity index (χ4v) is 3.01. The van der Waals surface area contributed by atoms with Crippen molar-refractivity contribution < 1.29 is 9.53 Å². The van der Waals surface area contributed by atoms with Gasteiger partial charge in [0, 0.05) is 25.4 Å². The average Bonchev–Trinajstić information content (AvgIpc) is 3.07. The van der Waals surface area contributed by atoms with E-state index in [0.29, 0.717) is 19.8 Å². The number of nitrogens with zero attached hydrogens (tertiary/aromatic N) is 3. The molecule has 1 atom stereocenters. The first-order chi connectivity index (χ1) is 10.7. The van der Waals surface area contributed by atoms with Gasteiger partial charge in [0.15, 0.2) is 0 Å². The first-order valence-corrected chi connectivity index (χ1v) is 8.17. The molecule has 0 spiro atoms. The maximum atomic E-state index is 12.0. The number of carbonyl (C=O) groups is 1. The molecule has 2 fully saturated rings. The van der Waals surface area contributed by atoms with Gasteiger partial charge in [-0.2, -0.15) is 0 Å². The lowest BCUT2D eigenvalue weighted by Crippen LogP contribution is -2.33. The molecular formula is C16H24N4O2. The molecule has 0 saturated carbocycles. The van der Waals surface area contributed by atoms with Gasteiger partial charge in [0.1, 0.15) is 0 Å². The van der Waals surface area contributed by atoms with Crippen LogP contribution in [-0.4, -0.2) is 42.2 Å². The summed E-state index contributed by atoms with van der Waals surface area (Å²) >= 11 is 0. The van der Waals surface area contributed by atoms with E-state index < -0.39 is 0 Å². The Bertz CT molecular complexity index is 523. The zero-order valence-corrected chi connectivity index (χ0v) is 13.2. The van der Waals surface area contributed by atoms with Gasteiger partial charge in [-0.1, -0.05) is 0 Å². The van der Waals surface area contributed by atoms with E-state index in [1.807, 2.05) is 13.0 Å². The highest BCUT2D eigenvalue weighted by Gasteiger charge is 2.23.